The SMILES string of the molecule is Cc1nnc(S(=O)(=O)C2CCC(c3cn4ncnc4cc3Cl)CC2)n1C. The minimum atomic E-state index is -3.48. The molecule has 3 aromatic heterocycles. The molecule has 10 heteroatoms. The van der Waals surface area contributed by atoms with Crippen LogP contribution in [0.3, 0.4) is 0 Å². The molecule has 0 saturated heterocycles. The smallest absolute Gasteiger partial charge is 0.249 e. The Bertz CT molecular complexity index is 1070. The molecule has 0 bridgehead atoms. The van der Waals surface area contributed by atoms with Gasteiger partial charge in [-0.15, -0.1) is 10.2 Å². The summed E-state index contributed by atoms with van der Waals surface area (Å²) < 4.78 is 29.0. The number of fused-ring (bicyclic) bond motifs is 1. The molecule has 1 fully saturated rings. The Labute approximate surface area is 156 Å². The fraction of sp³-hybridized carbons (Fsp3) is 0.500. The highest BCUT2D eigenvalue weighted by atomic mass is 35.5. The molecule has 0 amide bonds. The lowest BCUT2D eigenvalue weighted by Gasteiger charge is -2.28. The summed E-state index contributed by atoms with van der Waals surface area (Å²) in [6, 6.07) is 1.80. The van der Waals surface area contributed by atoms with Gasteiger partial charge in [-0.1, -0.05) is 11.6 Å². The molecule has 4 rings (SSSR count). The highest BCUT2D eigenvalue weighted by Gasteiger charge is 2.36. The van der Waals surface area contributed by atoms with E-state index in [1.165, 1.54) is 10.9 Å². The maximum absolute atomic E-state index is 12.9. The van der Waals surface area contributed by atoms with Crippen LogP contribution in [0.25, 0.3) is 5.65 Å². The molecule has 0 radical (unpaired) electrons. The lowest BCUT2D eigenvalue weighted by atomic mass is 9.84. The van der Waals surface area contributed by atoms with Gasteiger partial charge in [0.15, 0.2) is 5.65 Å². The summed E-state index contributed by atoms with van der Waals surface area (Å²) in [6.07, 6.45) is 6.04. The van der Waals surface area contributed by atoms with Gasteiger partial charge in [-0.3, -0.25) is 0 Å². The molecule has 0 aromatic carbocycles. The van der Waals surface area contributed by atoms with Crippen molar-refractivity contribution in [3.63, 3.8) is 0 Å². The first-order valence-electron chi connectivity index (χ1n) is 8.46. The predicted octanol–water partition coefficient (Wildman–Crippen LogP) is 2.32. The van der Waals surface area contributed by atoms with Crippen molar-refractivity contribution in [3.05, 3.63) is 35.0 Å². The second-order valence-corrected chi connectivity index (χ2v) is 9.28. The van der Waals surface area contributed by atoms with E-state index in [1.807, 2.05) is 6.20 Å². The number of aromatic nitrogens is 6. The minimum Gasteiger partial charge on any atom is -0.305 e. The van der Waals surface area contributed by atoms with E-state index in [2.05, 4.69) is 20.3 Å². The zero-order chi connectivity index (χ0) is 18.5. The number of rotatable bonds is 3. The molecule has 0 N–H and O–H groups in total. The first kappa shape index (κ1) is 17.4. The van der Waals surface area contributed by atoms with Crippen LogP contribution in [-0.4, -0.2) is 43.0 Å². The maximum atomic E-state index is 12.9. The van der Waals surface area contributed by atoms with Gasteiger partial charge in [0, 0.05) is 24.3 Å². The molecule has 0 unspecified atom stereocenters. The highest BCUT2D eigenvalue weighted by molar-refractivity contribution is 7.91. The first-order chi connectivity index (χ1) is 12.4. The van der Waals surface area contributed by atoms with Crippen LogP contribution < -0.4 is 0 Å². The van der Waals surface area contributed by atoms with Gasteiger partial charge in [-0.25, -0.2) is 17.9 Å². The third-order valence-electron chi connectivity index (χ3n) is 5.25. The number of hydrogen-bond donors (Lipinski definition) is 0. The molecule has 3 aromatic rings. The van der Waals surface area contributed by atoms with Crippen LogP contribution in [0.4, 0.5) is 0 Å². The van der Waals surface area contributed by atoms with E-state index in [1.54, 1.807) is 24.6 Å². The van der Waals surface area contributed by atoms with E-state index >= 15 is 0 Å². The molecule has 1 aliphatic rings. The van der Waals surface area contributed by atoms with Gasteiger partial charge < -0.3 is 4.57 Å². The van der Waals surface area contributed by atoms with Crippen molar-refractivity contribution >= 4 is 27.1 Å². The standard InChI is InChI=1S/C16H19ClN6O2S/c1-10-20-21-16(22(10)2)26(24,25)12-5-3-11(4-6-12)13-8-23-15(7-14(13)17)18-9-19-23/h7-9,11-12H,3-6H2,1-2H3. The summed E-state index contributed by atoms with van der Waals surface area (Å²) in [4.78, 5) is 4.13. The van der Waals surface area contributed by atoms with Crippen molar-refractivity contribution < 1.29 is 8.42 Å². The second-order valence-electron chi connectivity index (χ2n) is 6.75. The number of halogens is 1. The zero-order valence-electron chi connectivity index (χ0n) is 14.5. The van der Waals surface area contributed by atoms with Crippen LogP contribution in [0.2, 0.25) is 5.02 Å². The summed E-state index contributed by atoms with van der Waals surface area (Å²) in [5, 5.41) is 12.2. The van der Waals surface area contributed by atoms with E-state index in [0.29, 0.717) is 29.3 Å². The van der Waals surface area contributed by atoms with Gasteiger partial charge in [0.1, 0.15) is 12.2 Å². The van der Waals surface area contributed by atoms with Gasteiger partial charge in [-0.2, -0.15) is 5.10 Å². The third-order valence-corrected chi connectivity index (χ3v) is 7.79. The van der Waals surface area contributed by atoms with Crippen molar-refractivity contribution in [1.29, 1.82) is 0 Å². The van der Waals surface area contributed by atoms with Crippen LogP contribution in [0, 0.1) is 6.92 Å². The van der Waals surface area contributed by atoms with Gasteiger partial charge in [0.2, 0.25) is 15.0 Å². The van der Waals surface area contributed by atoms with Gasteiger partial charge in [-0.05, 0) is 44.1 Å². The summed E-state index contributed by atoms with van der Waals surface area (Å²) in [6.45, 7) is 1.74. The van der Waals surface area contributed by atoms with Crippen LogP contribution in [0.1, 0.15) is 43.0 Å². The van der Waals surface area contributed by atoms with Gasteiger partial charge in [0.25, 0.3) is 0 Å². The molecule has 3 heterocycles. The monoisotopic (exact) mass is 394 g/mol. The Morgan fingerprint density at radius 2 is 1.92 bits per heavy atom. The number of pyridine rings is 1. The fourth-order valence-electron chi connectivity index (χ4n) is 3.62. The molecular weight excluding hydrogens is 376 g/mol. The first-order valence-corrected chi connectivity index (χ1v) is 10.4. The molecule has 1 aliphatic carbocycles. The van der Waals surface area contributed by atoms with Crippen molar-refractivity contribution in [3.8, 4) is 0 Å². The number of sulfone groups is 1. The minimum absolute atomic E-state index is 0.0560. The molecule has 0 atom stereocenters. The van der Waals surface area contributed by atoms with Crippen LogP contribution in [0.5, 0.6) is 0 Å². The van der Waals surface area contributed by atoms with Gasteiger partial charge >= 0.3 is 0 Å². The maximum Gasteiger partial charge on any atom is 0.249 e. The molecule has 1 saturated carbocycles. The number of hydrogen-bond acceptors (Lipinski definition) is 6. The number of nitrogens with zero attached hydrogens (tertiary/aromatic N) is 6. The average Bonchev–Trinajstić information content (AvgIpc) is 3.21. The summed E-state index contributed by atoms with van der Waals surface area (Å²) in [5.74, 6) is 0.800. The quantitative estimate of drug-likeness (QED) is 0.676. The Morgan fingerprint density at radius 3 is 2.58 bits per heavy atom. The molecule has 26 heavy (non-hydrogen) atoms. The van der Waals surface area contributed by atoms with E-state index < -0.39 is 15.1 Å². The van der Waals surface area contributed by atoms with Crippen molar-refractivity contribution in [1.82, 2.24) is 29.4 Å². The normalized spacial score (nSPS) is 21.3. The summed E-state index contributed by atoms with van der Waals surface area (Å²) in [7, 11) is -1.80. The molecular formula is C16H19ClN6O2S. The largest absolute Gasteiger partial charge is 0.305 e. The van der Waals surface area contributed by atoms with Crippen LogP contribution in [-0.2, 0) is 16.9 Å². The predicted molar refractivity (Wildman–Crippen MR) is 95.9 cm³/mol. The highest BCUT2D eigenvalue weighted by Crippen LogP contribution is 2.39. The lowest BCUT2D eigenvalue weighted by Crippen LogP contribution is -2.28. The Balaban J connectivity index is 1.55. The van der Waals surface area contributed by atoms with Crippen LogP contribution in [0.15, 0.2) is 23.7 Å². The summed E-state index contributed by atoms with van der Waals surface area (Å²) >= 11 is 6.42. The third kappa shape index (κ3) is 2.79. The average molecular weight is 395 g/mol. The zero-order valence-corrected chi connectivity index (χ0v) is 16.1. The van der Waals surface area contributed by atoms with E-state index in [-0.39, 0.29) is 11.1 Å². The lowest BCUT2D eigenvalue weighted by molar-refractivity contribution is 0.431. The van der Waals surface area contributed by atoms with Crippen LogP contribution >= 0.6 is 11.6 Å². The van der Waals surface area contributed by atoms with E-state index in [9.17, 15) is 8.42 Å². The van der Waals surface area contributed by atoms with Crippen molar-refractivity contribution in [2.24, 2.45) is 7.05 Å². The van der Waals surface area contributed by atoms with E-state index in [4.69, 9.17) is 11.6 Å². The van der Waals surface area contributed by atoms with E-state index in [0.717, 1.165) is 18.4 Å². The topological polar surface area (TPSA) is 95.0 Å². The number of aryl methyl sites for hydroxylation is 1. The van der Waals surface area contributed by atoms with Crippen molar-refractivity contribution in [2.45, 2.75) is 48.9 Å². The van der Waals surface area contributed by atoms with Crippen molar-refractivity contribution in [2.75, 3.05) is 0 Å². The fourth-order valence-corrected chi connectivity index (χ4v) is 5.78. The molecule has 0 spiro atoms. The Morgan fingerprint density at radius 1 is 1.19 bits per heavy atom. The Hall–Kier alpha value is -2.00. The molecule has 0 aliphatic heterocycles. The second kappa shape index (κ2) is 6.31. The summed E-state index contributed by atoms with van der Waals surface area (Å²) in [5.41, 5.74) is 1.70. The molecule has 8 nitrogen and oxygen atoms in total. The Kier molecular flexibility index (Phi) is 4.23. The van der Waals surface area contributed by atoms with Gasteiger partial charge in [0.05, 0.1) is 5.25 Å². The molecule has 138 valence electrons.